The molecule has 0 saturated carbocycles. The van der Waals surface area contributed by atoms with Gasteiger partial charge in [0.25, 0.3) is 5.22 Å². The monoisotopic (exact) mass is 375 g/mol. The smallest absolute Gasteiger partial charge is 0.277 e. The number of rotatable bonds is 6. The molecule has 6 heteroatoms. The number of carbonyl (C=O) groups excluding carboxylic acids is 1. The molecule has 1 N–H and O–H groups in total. The van der Waals surface area contributed by atoms with E-state index < -0.39 is 0 Å². The molecule has 4 rings (SSSR count). The van der Waals surface area contributed by atoms with Crippen LogP contribution in [0.15, 0.2) is 82.4 Å². The highest BCUT2D eigenvalue weighted by Gasteiger charge is 2.13. The van der Waals surface area contributed by atoms with E-state index in [0.717, 1.165) is 21.9 Å². The molecule has 0 fully saturated rings. The lowest BCUT2D eigenvalue weighted by Gasteiger charge is -2.04. The molecule has 0 saturated heterocycles. The Hall–Kier alpha value is -3.12. The van der Waals surface area contributed by atoms with Gasteiger partial charge in [0.15, 0.2) is 0 Å². The maximum atomic E-state index is 12.0. The lowest BCUT2D eigenvalue weighted by molar-refractivity contribution is -0.118. The van der Waals surface area contributed by atoms with E-state index in [1.807, 2.05) is 72.8 Å². The van der Waals surface area contributed by atoms with Gasteiger partial charge in [-0.3, -0.25) is 4.79 Å². The maximum absolute atomic E-state index is 12.0. The van der Waals surface area contributed by atoms with Crippen molar-refractivity contribution in [2.24, 2.45) is 0 Å². The number of fused-ring (bicyclic) bond motifs is 1. The van der Waals surface area contributed by atoms with Crippen LogP contribution < -0.4 is 5.32 Å². The number of aromatic nitrogens is 2. The molecule has 0 aliphatic heterocycles. The number of nitrogens with one attached hydrogen (secondary N) is 1. The van der Waals surface area contributed by atoms with Gasteiger partial charge in [-0.05, 0) is 22.4 Å². The number of amides is 1. The van der Waals surface area contributed by atoms with Gasteiger partial charge >= 0.3 is 0 Å². The fourth-order valence-corrected chi connectivity index (χ4v) is 3.36. The number of carbonyl (C=O) groups is 1. The molecular weight excluding hydrogens is 358 g/mol. The normalized spacial score (nSPS) is 10.8. The summed E-state index contributed by atoms with van der Waals surface area (Å²) in [6, 6.07) is 23.8. The summed E-state index contributed by atoms with van der Waals surface area (Å²) in [6.45, 7) is 0.505. The fraction of sp³-hybridized carbons (Fsp3) is 0.0952. The van der Waals surface area contributed by atoms with Crippen LogP contribution in [0.3, 0.4) is 0 Å². The van der Waals surface area contributed by atoms with E-state index in [-0.39, 0.29) is 11.7 Å². The molecule has 0 aliphatic rings. The van der Waals surface area contributed by atoms with E-state index in [1.165, 1.54) is 11.8 Å². The first kappa shape index (κ1) is 17.3. The van der Waals surface area contributed by atoms with Crippen molar-refractivity contribution in [3.63, 3.8) is 0 Å². The number of hydrogen-bond donors (Lipinski definition) is 1. The molecule has 134 valence electrons. The van der Waals surface area contributed by atoms with Gasteiger partial charge in [-0.15, -0.1) is 10.2 Å². The predicted molar refractivity (Wildman–Crippen MR) is 106 cm³/mol. The molecule has 1 heterocycles. The van der Waals surface area contributed by atoms with Gasteiger partial charge in [-0.1, -0.05) is 78.5 Å². The molecule has 27 heavy (non-hydrogen) atoms. The van der Waals surface area contributed by atoms with Crippen molar-refractivity contribution < 1.29 is 9.21 Å². The fourth-order valence-electron chi connectivity index (χ4n) is 2.76. The molecule has 0 radical (unpaired) electrons. The summed E-state index contributed by atoms with van der Waals surface area (Å²) in [7, 11) is 0. The highest BCUT2D eigenvalue weighted by Crippen LogP contribution is 2.29. The Morgan fingerprint density at radius 1 is 0.926 bits per heavy atom. The standard InChI is InChI=1S/C21H17N3O2S/c25-19(22-13-15-7-2-1-3-8-15)14-27-21-24-23-20(26-21)18-12-6-10-16-9-4-5-11-17(16)18/h1-12H,13-14H2,(H,22,25). The Balaban J connectivity index is 1.39. The van der Waals surface area contributed by atoms with Crippen LogP contribution in [0.2, 0.25) is 0 Å². The van der Waals surface area contributed by atoms with Gasteiger partial charge < -0.3 is 9.73 Å². The molecule has 0 bridgehead atoms. The van der Waals surface area contributed by atoms with Crippen LogP contribution in [-0.2, 0) is 11.3 Å². The first-order valence-corrected chi connectivity index (χ1v) is 9.53. The number of hydrogen-bond acceptors (Lipinski definition) is 5. The minimum atomic E-state index is -0.0752. The second-order valence-electron chi connectivity index (χ2n) is 5.95. The van der Waals surface area contributed by atoms with E-state index >= 15 is 0 Å². The summed E-state index contributed by atoms with van der Waals surface area (Å²) in [6.07, 6.45) is 0. The van der Waals surface area contributed by atoms with Crippen LogP contribution >= 0.6 is 11.8 Å². The van der Waals surface area contributed by atoms with E-state index in [9.17, 15) is 4.79 Å². The van der Waals surface area contributed by atoms with Crippen LogP contribution in [0.5, 0.6) is 0 Å². The summed E-state index contributed by atoms with van der Waals surface area (Å²) in [5.41, 5.74) is 1.95. The Bertz CT molecular complexity index is 1060. The number of benzene rings is 3. The SMILES string of the molecule is O=C(CSc1nnc(-c2cccc3ccccc23)o1)NCc1ccccc1. The molecule has 0 spiro atoms. The summed E-state index contributed by atoms with van der Waals surface area (Å²) >= 11 is 1.23. The lowest BCUT2D eigenvalue weighted by atomic mass is 10.0. The molecule has 1 amide bonds. The molecule has 0 atom stereocenters. The third kappa shape index (κ3) is 4.17. The van der Waals surface area contributed by atoms with E-state index in [1.54, 1.807) is 0 Å². The zero-order valence-corrected chi connectivity index (χ0v) is 15.3. The van der Waals surface area contributed by atoms with Crippen molar-refractivity contribution in [2.45, 2.75) is 11.8 Å². The van der Waals surface area contributed by atoms with Crippen molar-refractivity contribution in [3.05, 3.63) is 78.4 Å². The van der Waals surface area contributed by atoms with Crippen LogP contribution in [0.1, 0.15) is 5.56 Å². The van der Waals surface area contributed by atoms with E-state index in [4.69, 9.17) is 4.42 Å². The van der Waals surface area contributed by atoms with E-state index in [0.29, 0.717) is 17.7 Å². The molecule has 5 nitrogen and oxygen atoms in total. The van der Waals surface area contributed by atoms with Crippen molar-refractivity contribution >= 4 is 28.4 Å². The van der Waals surface area contributed by atoms with E-state index in [2.05, 4.69) is 15.5 Å². The van der Waals surface area contributed by atoms with Crippen molar-refractivity contribution in [1.82, 2.24) is 15.5 Å². The number of thioether (sulfide) groups is 1. The molecule has 1 aromatic heterocycles. The van der Waals surface area contributed by atoms with Crippen molar-refractivity contribution in [1.29, 1.82) is 0 Å². The van der Waals surface area contributed by atoms with Gasteiger partial charge in [-0.25, -0.2) is 0 Å². The Labute approximate surface area is 160 Å². The minimum absolute atomic E-state index is 0.0752. The van der Waals surface area contributed by atoms with Gasteiger partial charge in [0.2, 0.25) is 11.8 Å². The van der Waals surface area contributed by atoms with Gasteiger partial charge in [-0.2, -0.15) is 0 Å². The highest BCUT2D eigenvalue weighted by molar-refractivity contribution is 7.99. The second-order valence-corrected chi connectivity index (χ2v) is 6.88. The Morgan fingerprint density at radius 3 is 2.59 bits per heavy atom. The van der Waals surface area contributed by atoms with Gasteiger partial charge in [0.1, 0.15) is 0 Å². The summed E-state index contributed by atoms with van der Waals surface area (Å²) in [4.78, 5) is 12.0. The summed E-state index contributed by atoms with van der Waals surface area (Å²) in [5.74, 6) is 0.608. The first-order valence-electron chi connectivity index (χ1n) is 8.55. The second kappa shape index (κ2) is 8.05. The first-order chi connectivity index (χ1) is 13.3. The third-order valence-corrected chi connectivity index (χ3v) is 4.90. The molecule has 4 aromatic rings. The van der Waals surface area contributed by atoms with Crippen LogP contribution in [0.4, 0.5) is 0 Å². The zero-order chi connectivity index (χ0) is 18.5. The maximum Gasteiger partial charge on any atom is 0.277 e. The Morgan fingerprint density at radius 2 is 1.70 bits per heavy atom. The van der Waals surface area contributed by atoms with Gasteiger partial charge in [0, 0.05) is 12.1 Å². The predicted octanol–water partition coefficient (Wildman–Crippen LogP) is 4.30. The molecular formula is C21H17N3O2S. The van der Waals surface area contributed by atoms with Crippen LogP contribution in [-0.4, -0.2) is 21.9 Å². The average Bonchev–Trinajstić information content (AvgIpc) is 3.20. The quantitative estimate of drug-likeness (QED) is 0.509. The average molecular weight is 375 g/mol. The highest BCUT2D eigenvalue weighted by atomic mass is 32.2. The number of nitrogens with zero attached hydrogens (tertiary/aromatic N) is 2. The van der Waals surface area contributed by atoms with Crippen LogP contribution in [0, 0.1) is 0 Å². The minimum Gasteiger partial charge on any atom is -0.411 e. The van der Waals surface area contributed by atoms with Crippen molar-refractivity contribution in [3.8, 4) is 11.5 Å². The zero-order valence-electron chi connectivity index (χ0n) is 14.5. The molecule has 3 aromatic carbocycles. The molecule has 0 aliphatic carbocycles. The topological polar surface area (TPSA) is 68.0 Å². The summed E-state index contributed by atoms with van der Waals surface area (Å²) in [5, 5.41) is 13.6. The van der Waals surface area contributed by atoms with Crippen molar-refractivity contribution in [2.75, 3.05) is 5.75 Å². The lowest BCUT2D eigenvalue weighted by Crippen LogP contribution is -2.24. The van der Waals surface area contributed by atoms with Crippen LogP contribution in [0.25, 0.3) is 22.2 Å². The summed E-state index contributed by atoms with van der Waals surface area (Å²) < 4.78 is 5.75. The largest absolute Gasteiger partial charge is 0.411 e. The van der Waals surface area contributed by atoms with Gasteiger partial charge in [0.05, 0.1) is 5.75 Å². The Kier molecular flexibility index (Phi) is 5.16. The third-order valence-electron chi connectivity index (χ3n) is 4.09. The molecule has 0 unspecified atom stereocenters.